The van der Waals surface area contributed by atoms with E-state index in [0.717, 1.165) is 33.6 Å². The molecule has 1 aliphatic rings. The van der Waals surface area contributed by atoms with E-state index in [2.05, 4.69) is 12.1 Å². The van der Waals surface area contributed by atoms with Crippen molar-refractivity contribution in [2.45, 2.75) is 13.3 Å². The Kier molecular flexibility index (Phi) is 6.36. The van der Waals surface area contributed by atoms with Crippen LogP contribution in [0.15, 0.2) is 48.5 Å². The summed E-state index contributed by atoms with van der Waals surface area (Å²) in [5.41, 5.74) is 6.79. The standard InChI is InChI=1S/C21H24N2O5S/c1-15-12-17(6-7-20(15)18-4-3-5-19(13-18)28-2)16-8-10-23(11-9-16)29(26,27)14-21(24)22-25/h3-8,12-13,25H,9-11,14H2,1-2H3,(H,22,24). The molecular formula is C21H24N2O5S. The topological polar surface area (TPSA) is 95.9 Å². The Hall–Kier alpha value is -2.68. The van der Waals surface area contributed by atoms with Gasteiger partial charge in [-0.15, -0.1) is 0 Å². The first kappa shape index (κ1) is 21.0. The molecule has 0 radical (unpaired) electrons. The molecule has 0 atom stereocenters. The molecule has 29 heavy (non-hydrogen) atoms. The number of ether oxygens (including phenoxy) is 1. The number of sulfonamides is 1. The molecule has 0 saturated heterocycles. The van der Waals surface area contributed by atoms with Crippen LogP contribution in [0.1, 0.15) is 17.5 Å². The normalized spacial score (nSPS) is 14.9. The van der Waals surface area contributed by atoms with Gasteiger partial charge in [0.15, 0.2) is 0 Å². The van der Waals surface area contributed by atoms with Crippen LogP contribution in [0, 0.1) is 6.92 Å². The lowest BCUT2D eigenvalue weighted by Gasteiger charge is -2.26. The average Bonchev–Trinajstić information content (AvgIpc) is 2.73. The van der Waals surface area contributed by atoms with Gasteiger partial charge in [-0.1, -0.05) is 36.4 Å². The molecule has 0 fully saturated rings. The zero-order valence-corrected chi connectivity index (χ0v) is 17.2. The van der Waals surface area contributed by atoms with Gasteiger partial charge >= 0.3 is 0 Å². The van der Waals surface area contributed by atoms with Gasteiger partial charge in [0.1, 0.15) is 11.5 Å². The Morgan fingerprint density at radius 2 is 2.00 bits per heavy atom. The fourth-order valence-corrected chi connectivity index (χ4v) is 4.68. The van der Waals surface area contributed by atoms with Crippen LogP contribution in [0.2, 0.25) is 0 Å². The zero-order valence-electron chi connectivity index (χ0n) is 16.4. The summed E-state index contributed by atoms with van der Waals surface area (Å²) in [7, 11) is -2.11. The largest absolute Gasteiger partial charge is 0.497 e. The summed E-state index contributed by atoms with van der Waals surface area (Å²) < 4.78 is 31.0. The maximum Gasteiger partial charge on any atom is 0.259 e. The number of nitrogens with zero attached hydrogens (tertiary/aromatic N) is 1. The first-order chi connectivity index (χ1) is 13.8. The van der Waals surface area contributed by atoms with E-state index < -0.39 is 21.7 Å². The van der Waals surface area contributed by atoms with Crippen molar-refractivity contribution in [2.75, 3.05) is 26.0 Å². The highest BCUT2D eigenvalue weighted by molar-refractivity contribution is 7.89. The van der Waals surface area contributed by atoms with E-state index in [0.29, 0.717) is 13.0 Å². The molecule has 2 aromatic carbocycles. The molecule has 3 rings (SSSR count). The van der Waals surface area contributed by atoms with Gasteiger partial charge < -0.3 is 4.74 Å². The third-order valence-corrected chi connectivity index (χ3v) is 6.73. The molecule has 1 amide bonds. The van der Waals surface area contributed by atoms with Crippen molar-refractivity contribution < 1.29 is 23.2 Å². The highest BCUT2D eigenvalue weighted by Gasteiger charge is 2.27. The number of amides is 1. The smallest absolute Gasteiger partial charge is 0.259 e. The fourth-order valence-electron chi connectivity index (χ4n) is 3.43. The van der Waals surface area contributed by atoms with Crippen LogP contribution in [0.25, 0.3) is 16.7 Å². The van der Waals surface area contributed by atoms with Gasteiger partial charge in [-0.2, -0.15) is 4.31 Å². The molecule has 0 spiro atoms. The highest BCUT2D eigenvalue weighted by Crippen LogP contribution is 2.31. The SMILES string of the molecule is COc1cccc(-c2ccc(C3=CCN(S(=O)(=O)CC(=O)NO)CC3)cc2C)c1. The van der Waals surface area contributed by atoms with E-state index in [9.17, 15) is 13.2 Å². The second kappa shape index (κ2) is 8.77. The molecule has 2 N–H and O–H groups in total. The lowest BCUT2D eigenvalue weighted by atomic mass is 9.93. The maximum atomic E-state index is 12.2. The molecule has 0 saturated carbocycles. The van der Waals surface area contributed by atoms with E-state index >= 15 is 0 Å². The number of carbonyl (C=O) groups excluding carboxylic acids is 1. The molecule has 1 heterocycles. The summed E-state index contributed by atoms with van der Waals surface area (Å²) in [6.07, 6.45) is 2.43. The molecule has 8 heteroatoms. The van der Waals surface area contributed by atoms with Crippen molar-refractivity contribution in [3.8, 4) is 16.9 Å². The number of aryl methyl sites for hydroxylation is 1. The Morgan fingerprint density at radius 3 is 2.62 bits per heavy atom. The lowest BCUT2D eigenvalue weighted by molar-refractivity contribution is -0.126. The minimum Gasteiger partial charge on any atom is -0.497 e. The van der Waals surface area contributed by atoms with E-state index in [4.69, 9.17) is 9.94 Å². The molecule has 0 aromatic heterocycles. The van der Waals surface area contributed by atoms with Gasteiger partial charge in [0, 0.05) is 13.1 Å². The van der Waals surface area contributed by atoms with Crippen molar-refractivity contribution in [3.63, 3.8) is 0 Å². The monoisotopic (exact) mass is 416 g/mol. The van der Waals surface area contributed by atoms with Crippen LogP contribution in [-0.2, 0) is 14.8 Å². The first-order valence-corrected chi connectivity index (χ1v) is 10.8. The molecule has 154 valence electrons. The van der Waals surface area contributed by atoms with Crippen molar-refractivity contribution in [1.29, 1.82) is 0 Å². The number of benzene rings is 2. The third kappa shape index (κ3) is 4.84. The van der Waals surface area contributed by atoms with Crippen LogP contribution < -0.4 is 10.2 Å². The predicted molar refractivity (Wildman–Crippen MR) is 111 cm³/mol. The van der Waals surface area contributed by atoms with Crippen LogP contribution >= 0.6 is 0 Å². The summed E-state index contributed by atoms with van der Waals surface area (Å²) >= 11 is 0. The fraction of sp³-hybridized carbons (Fsp3) is 0.286. The first-order valence-electron chi connectivity index (χ1n) is 9.19. The van der Waals surface area contributed by atoms with Crippen molar-refractivity contribution >= 4 is 21.5 Å². The zero-order chi connectivity index (χ0) is 21.0. The molecule has 2 aromatic rings. The molecule has 1 aliphatic heterocycles. The maximum absolute atomic E-state index is 12.2. The van der Waals surface area contributed by atoms with Crippen molar-refractivity contribution in [3.05, 3.63) is 59.7 Å². The second-order valence-electron chi connectivity index (χ2n) is 6.89. The van der Waals surface area contributed by atoms with E-state index in [1.54, 1.807) is 7.11 Å². The number of carbonyl (C=O) groups is 1. The number of hydrogen-bond donors (Lipinski definition) is 2. The van der Waals surface area contributed by atoms with Crippen LogP contribution in [-0.4, -0.2) is 49.8 Å². The minimum atomic E-state index is -3.75. The molecule has 0 bridgehead atoms. The van der Waals surface area contributed by atoms with E-state index in [1.807, 2.05) is 43.3 Å². The number of nitrogens with one attached hydrogen (secondary N) is 1. The Balaban J connectivity index is 1.78. The Bertz CT molecular complexity index is 1050. The minimum absolute atomic E-state index is 0.201. The van der Waals surface area contributed by atoms with Crippen molar-refractivity contribution in [1.82, 2.24) is 9.79 Å². The third-order valence-electron chi connectivity index (χ3n) is 4.98. The van der Waals surface area contributed by atoms with Crippen LogP contribution in [0.4, 0.5) is 0 Å². The number of methoxy groups -OCH3 is 1. The van der Waals surface area contributed by atoms with Gasteiger partial charge in [-0.05, 0) is 53.3 Å². The molecule has 0 aliphatic carbocycles. The summed E-state index contributed by atoms with van der Waals surface area (Å²) in [6.45, 7) is 2.54. The summed E-state index contributed by atoms with van der Waals surface area (Å²) in [6, 6.07) is 14.1. The summed E-state index contributed by atoms with van der Waals surface area (Å²) in [5.74, 6) is -0.901. The van der Waals surface area contributed by atoms with Crippen LogP contribution in [0.5, 0.6) is 5.75 Å². The van der Waals surface area contributed by atoms with E-state index in [-0.39, 0.29) is 6.54 Å². The van der Waals surface area contributed by atoms with Gasteiger partial charge in [0.05, 0.1) is 7.11 Å². The number of hydrogen-bond acceptors (Lipinski definition) is 5. The number of hydroxylamine groups is 1. The van der Waals surface area contributed by atoms with Gasteiger partial charge in [0.2, 0.25) is 10.0 Å². The van der Waals surface area contributed by atoms with Gasteiger partial charge in [-0.3, -0.25) is 10.0 Å². The quantitative estimate of drug-likeness (QED) is 0.557. The van der Waals surface area contributed by atoms with Crippen molar-refractivity contribution in [2.24, 2.45) is 0 Å². The summed E-state index contributed by atoms with van der Waals surface area (Å²) in [5, 5.41) is 8.55. The summed E-state index contributed by atoms with van der Waals surface area (Å²) in [4.78, 5) is 11.2. The van der Waals surface area contributed by atoms with Gasteiger partial charge in [-0.25, -0.2) is 13.9 Å². The second-order valence-corrected chi connectivity index (χ2v) is 8.86. The Labute approximate surface area is 170 Å². The van der Waals surface area contributed by atoms with Crippen LogP contribution in [0.3, 0.4) is 0 Å². The molecular weight excluding hydrogens is 392 g/mol. The highest BCUT2D eigenvalue weighted by atomic mass is 32.2. The molecule has 0 unspecified atom stereocenters. The Morgan fingerprint density at radius 1 is 1.21 bits per heavy atom. The molecule has 7 nitrogen and oxygen atoms in total. The lowest BCUT2D eigenvalue weighted by Crippen LogP contribution is -2.40. The van der Waals surface area contributed by atoms with E-state index in [1.165, 1.54) is 9.79 Å². The average molecular weight is 416 g/mol. The number of rotatable bonds is 6. The predicted octanol–water partition coefficient (Wildman–Crippen LogP) is 2.59. The van der Waals surface area contributed by atoms with Gasteiger partial charge in [0.25, 0.3) is 5.91 Å².